The van der Waals surface area contributed by atoms with Crippen LogP contribution in [0.15, 0.2) is 217 Å². The third-order valence-corrected chi connectivity index (χ3v) is 12.2. The SMILES string of the molecule is c1ccc(-c2cccc(-c3ccc(N(c4ccc(-c5ccc6sc7ccccc7c6c5)cc4)c4ccc(-c5ccccc5)c5c4oc4ccccc45)cc3)c2)cc1. The summed E-state index contributed by atoms with van der Waals surface area (Å²) < 4.78 is 9.47. The van der Waals surface area contributed by atoms with E-state index >= 15 is 0 Å². The molecule has 0 spiro atoms. The molecule has 0 aliphatic rings. The number of hydrogen-bond donors (Lipinski definition) is 0. The lowest BCUT2D eigenvalue weighted by molar-refractivity contribution is 0.669. The normalized spacial score (nSPS) is 11.5. The van der Waals surface area contributed by atoms with E-state index in [4.69, 9.17) is 4.42 Å². The van der Waals surface area contributed by atoms with E-state index < -0.39 is 0 Å². The average Bonchev–Trinajstić information content (AvgIpc) is 3.87. The van der Waals surface area contributed by atoms with Crippen molar-refractivity contribution in [2.45, 2.75) is 0 Å². The van der Waals surface area contributed by atoms with Gasteiger partial charge in [0.05, 0.1) is 5.69 Å². The van der Waals surface area contributed by atoms with Crippen LogP contribution in [0.3, 0.4) is 0 Å². The van der Waals surface area contributed by atoms with Crippen molar-refractivity contribution in [3.05, 3.63) is 212 Å². The molecule has 0 radical (unpaired) electrons. The third kappa shape index (κ3) is 5.88. The minimum atomic E-state index is 0.857. The largest absolute Gasteiger partial charge is 0.454 e. The molecule has 0 aliphatic heterocycles. The van der Waals surface area contributed by atoms with Gasteiger partial charge in [0.1, 0.15) is 5.58 Å². The highest BCUT2D eigenvalue weighted by Gasteiger charge is 2.22. The molecule has 2 heterocycles. The van der Waals surface area contributed by atoms with Crippen molar-refractivity contribution in [2.75, 3.05) is 4.90 Å². The van der Waals surface area contributed by atoms with E-state index in [9.17, 15) is 0 Å². The first-order valence-electron chi connectivity index (χ1n) is 19.3. The molecule has 0 saturated carbocycles. The molecular formula is C54H35NOS. The van der Waals surface area contributed by atoms with Crippen LogP contribution < -0.4 is 4.90 Å². The van der Waals surface area contributed by atoms with Gasteiger partial charge in [0.2, 0.25) is 0 Å². The summed E-state index contributed by atoms with van der Waals surface area (Å²) in [6.07, 6.45) is 0. The highest BCUT2D eigenvalue weighted by molar-refractivity contribution is 7.25. The van der Waals surface area contributed by atoms with Crippen LogP contribution in [0.25, 0.3) is 86.6 Å². The number of benzene rings is 9. The molecule has 3 heteroatoms. The van der Waals surface area contributed by atoms with Gasteiger partial charge in [0, 0.05) is 42.3 Å². The number of nitrogens with zero attached hydrogens (tertiary/aromatic N) is 1. The maximum absolute atomic E-state index is 6.84. The highest BCUT2D eigenvalue weighted by atomic mass is 32.1. The average molecular weight is 746 g/mol. The zero-order valence-corrected chi connectivity index (χ0v) is 31.8. The molecule has 268 valence electrons. The van der Waals surface area contributed by atoms with Crippen LogP contribution >= 0.6 is 11.3 Å². The summed E-state index contributed by atoms with van der Waals surface area (Å²) >= 11 is 1.85. The Hall–Kier alpha value is -7.20. The zero-order valence-electron chi connectivity index (χ0n) is 31.0. The van der Waals surface area contributed by atoms with Crippen LogP contribution in [-0.4, -0.2) is 0 Å². The van der Waals surface area contributed by atoms with Gasteiger partial charge in [0.25, 0.3) is 0 Å². The van der Waals surface area contributed by atoms with Gasteiger partial charge >= 0.3 is 0 Å². The topological polar surface area (TPSA) is 16.4 Å². The molecule has 0 N–H and O–H groups in total. The lowest BCUT2D eigenvalue weighted by Gasteiger charge is -2.26. The van der Waals surface area contributed by atoms with Gasteiger partial charge in [-0.1, -0.05) is 152 Å². The van der Waals surface area contributed by atoms with Crippen LogP contribution in [0.1, 0.15) is 0 Å². The molecule has 11 rings (SSSR count). The molecule has 0 amide bonds. The molecule has 11 aromatic rings. The van der Waals surface area contributed by atoms with Crippen LogP contribution in [-0.2, 0) is 0 Å². The van der Waals surface area contributed by atoms with Gasteiger partial charge in [0.15, 0.2) is 5.58 Å². The number of thiophene rings is 1. The van der Waals surface area contributed by atoms with E-state index in [2.05, 4.69) is 211 Å². The van der Waals surface area contributed by atoms with Crippen molar-refractivity contribution >= 4 is 70.5 Å². The molecule has 57 heavy (non-hydrogen) atoms. The van der Waals surface area contributed by atoms with Gasteiger partial charge in [-0.25, -0.2) is 0 Å². The van der Waals surface area contributed by atoms with Crippen molar-refractivity contribution < 1.29 is 4.42 Å². The lowest BCUT2D eigenvalue weighted by Crippen LogP contribution is -2.10. The first-order chi connectivity index (χ1) is 28.2. The predicted octanol–water partition coefficient (Wildman–Crippen LogP) is 16.1. The van der Waals surface area contributed by atoms with Crippen molar-refractivity contribution in [2.24, 2.45) is 0 Å². The maximum atomic E-state index is 6.84. The van der Waals surface area contributed by atoms with E-state index in [1.54, 1.807) is 0 Å². The number of rotatable bonds is 7. The van der Waals surface area contributed by atoms with Crippen molar-refractivity contribution in [3.8, 4) is 44.5 Å². The Morgan fingerprint density at radius 2 is 0.877 bits per heavy atom. The number of para-hydroxylation sites is 1. The van der Waals surface area contributed by atoms with Crippen LogP contribution in [0.5, 0.6) is 0 Å². The monoisotopic (exact) mass is 745 g/mol. The quantitative estimate of drug-likeness (QED) is 0.162. The number of hydrogen-bond acceptors (Lipinski definition) is 3. The maximum Gasteiger partial charge on any atom is 0.160 e. The summed E-state index contributed by atoms with van der Waals surface area (Å²) in [6, 6.07) is 76.2. The first kappa shape index (κ1) is 33.2. The summed E-state index contributed by atoms with van der Waals surface area (Å²) in [5.41, 5.74) is 14.3. The Balaban J connectivity index is 1.05. The standard InChI is InChI=1S/C54H35NOS/c1-3-12-36(13-4-1)40-16-11-17-41(34-40)37-22-27-43(28-23-37)55(44-29-24-38(25-30-44)42-26-33-52-48(35-42)46-18-8-10-21-51(46)57-52)49-32-31-45(39-14-5-2-6-15-39)53-47-19-7-9-20-50(47)56-54(49)53/h1-35H. The Bertz CT molecular complexity index is 3210. The summed E-state index contributed by atoms with van der Waals surface area (Å²) in [4.78, 5) is 2.34. The second kappa shape index (κ2) is 13.8. The lowest BCUT2D eigenvalue weighted by atomic mass is 9.97. The van der Waals surface area contributed by atoms with Crippen LogP contribution in [0.4, 0.5) is 17.1 Å². The fourth-order valence-electron chi connectivity index (χ4n) is 8.30. The smallest absolute Gasteiger partial charge is 0.160 e. The molecule has 9 aromatic carbocycles. The van der Waals surface area contributed by atoms with Crippen molar-refractivity contribution in [1.82, 2.24) is 0 Å². The molecule has 0 saturated heterocycles. The molecule has 2 nitrogen and oxygen atoms in total. The Kier molecular flexibility index (Phi) is 8.04. The van der Waals surface area contributed by atoms with E-state index in [1.807, 2.05) is 17.4 Å². The Labute approximate surface area is 335 Å². The van der Waals surface area contributed by atoms with Crippen molar-refractivity contribution in [3.63, 3.8) is 0 Å². The number of fused-ring (bicyclic) bond motifs is 6. The summed E-state index contributed by atoms with van der Waals surface area (Å²) in [5.74, 6) is 0. The van der Waals surface area contributed by atoms with Gasteiger partial charge in [-0.2, -0.15) is 0 Å². The first-order valence-corrected chi connectivity index (χ1v) is 20.1. The molecule has 2 aromatic heterocycles. The third-order valence-electron chi connectivity index (χ3n) is 11.1. The molecule has 0 aliphatic carbocycles. The second-order valence-electron chi connectivity index (χ2n) is 14.5. The van der Waals surface area contributed by atoms with Gasteiger partial charge in [-0.15, -0.1) is 11.3 Å². The highest BCUT2D eigenvalue weighted by Crippen LogP contribution is 2.46. The Morgan fingerprint density at radius 3 is 1.58 bits per heavy atom. The summed E-state index contributed by atoms with van der Waals surface area (Å²) in [6.45, 7) is 0. The fraction of sp³-hybridized carbons (Fsp3) is 0. The minimum Gasteiger partial charge on any atom is -0.454 e. The summed E-state index contributed by atoms with van der Waals surface area (Å²) in [7, 11) is 0. The Morgan fingerprint density at radius 1 is 0.351 bits per heavy atom. The number of anilines is 3. The molecule has 0 bridgehead atoms. The van der Waals surface area contributed by atoms with E-state index in [0.717, 1.165) is 55.7 Å². The minimum absolute atomic E-state index is 0.857. The number of furan rings is 1. The van der Waals surface area contributed by atoms with Gasteiger partial charge in [-0.05, 0) is 105 Å². The molecule has 0 atom stereocenters. The van der Waals surface area contributed by atoms with Crippen molar-refractivity contribution in [1.29, 1.82) is 0 Å². The van der Waals surface area contributed by atoms with Gasteiger partial charge in [-0.3, -0.25) is 0 Å². The van der Waals surface area contributed by atoms with E-state index in [0.29, 0.717) is 0 Å². The summed E-state index contributed by atoms with van der Waals surface area (Å²) in [5, 5.41) is 4.83. The van der Waals surface area contributed by atoms with Gasteiger partial charge < -0.3 is 9.32 Å². The predicted molar refractivity (Wildman–Crippen MR) is 243 cm³/mol. The zero-order chi connectivity index (χ0) is 37.7. The van der Waals surface area contributed by atoms with E-state index in [1.165, 1.54) is 48.0 Å². The van der Waals surface area contributed by atoms with Crippen LogP contribution in [0, 0.1) is 0 Å². The van der Waals surface area contributed by atoms with Crippen LogP contribution in [0.2, 0.25) is 0 Å². The molecular weight excluding hydrogens is 711 g/mol. The second-order valence-corrected chi connectivity index (χ2v) is 15.6. The molecule has 0 unspecified atom stereocenters. The fourth-order valence-corrected chi connectivity index (χ4v) is 9.38. The molecule has 0 fully saturated rings. The van der Waals surface area contributed by atoms with E-state index in [-0.39, 0.29) is 0 Å².